The molecule has 1 heterocycles. The summed E-state index contributed by atoms with van der Waals surface area (Å²) in [5.41, 5.74) is 1.12. The number of methoxy groups -OCH3 is 1. The molecule has 19 heavy (non-hydrogen) atoms. The van der Waals surface area contributed by atoms with Crippen LogP contribution in [-0.4, -0.2) is 57.7 Å². The summed E-state index contributed by atoms with van der Waals surface area (Å²) in [6.45, 7) is 2.42. The third-order valence-corrected chi connectivity index (χ3v) is 3.35. The van der Waals surface area contributed by atoms with Gasteiger partial charge in [-0.2, -0.15) is 0 Å². The van der Waals surface area contributed by atoms with Crippen LogP contribution in [0.3, 0.4) is 0 Å². The summed E-state index contributed by atoms with van der Waals surface area (Å²) in [6.07, 6.45) is 0. The number of hydrogen-bond acceptors (Lipinski definition) is 4. The fraction of sp³-hybridized carbons (Fsp3) is 0.500. The average molecular weight is 263 g/mol. The van der Waals surface area contributed by atoms with Crippen LogP contribution in [0.25, 0.3) is 0 Å². The van der Waals surface area contributed by atoms with Gasteiger partial charge in [0.2, 0.25) is 5.91 Å². The zero-order valence-electron chi connectivity index (χ0n) is 11.7. The first-order chi connectivity index (χ1) is 9.11. The summed E-state index contributed by atoms with van der Waals surface area (Å²) >= 11 is 0. The van der Waals surface area contributed by atoms with E-state index in [-0.39, 0.29) is 11.9 Å². The maximum atomic E-state index is 12.0. The molecular formula is C14H21N3O2. The van der Waals surface area contributed by atoms with Crippen molar-refractivity contribution in [1.29, 1.82) is 0 Å². The SMILES string of the molecule is COc1ccc(N2CCN[C@H](C(=O)N(C)C)C2)cc1. The Morgan fingerprint density at radius 3 is 2.63 bits per heavy atom. The van der Waals surface area contributed by atoms with Crippen molar-refractivity contribution >= 4 is 11.6 Å². The smallest absolute Gasteiger partial charge is 0.241 e. The molecule has 0 radical (unpaired) electrons. The molecule has 0 saturated carbocycles. The molecular weight excluding hydrogens is 242 g/mol. The van der Waals surface area contributed by atoms with Crippen LogP contribution >= 0.6 is 0 Å². The molecule has 104 valence electrons. The first-order valence-electron chi connectivity index (χ1n) is 6.45. The maximum absolute atomic E-state index is 12.0. The molecule has 1 atom stereocenters. The van der Waals surface area contributed by atoms with Gasteiger partial charge in [0, 0.05) is 39.4 Å². The van der Waals surface area contributed by atoms with E-state index in [1.54, 1.807) is 26.1 Å². The van der Waals surface area contributed by atoms with Crippen molar-refractivity contribution in [2.75, 3.05) is 45.7 Å². The minimum absolute atomic E-state index is 0.123. The van der Waals surface area contributed by atoms with Gasteiger partial charge in [0.1, 0.15) is 11.8 Å². The lowest BCUT2D eigenvalue weighted by molar-refractivity contribution is -0.130. The normalized spacial score (nSPS) is 19.1. The molecule has 0 bridgehead atoms. The van der Waals surface area contributed by atoms with Gasteiger partial charge in [-0.15, -0.1) is 0 Å². The number of piperazine rings is 1. The molecule has 1 fully saturated rings. The number of hydrogen-bond donors (Lipinski definition) is 1. The highest BCUT2D eigenvalue weighted by atomic mass is 16.5. The number of anilines is 1. The lowest BCUT2D eigenvalue weighted by Gasteiger charge is -2.35. The van der Waals surface area contributed by atoms with Gasteiger partial charge in [0.25, 0.3) is 0 Å². The zero-order chi connectivity index (χ0) is 13.8. The molecule has 1 aliphatic rings. The summed E-state index contributed by atoms with van der Waals surface area (Å²) in [5.74, 6) is 0.970. The standard InChI is InChI=1S/C14H21N3O2/c1-16(2)14(18)13-10-17(9-8-15-13)11-4-6-12(19-3)7-5-11/h4-7,13,15H,8-10H2,1-3H3/t13-/m0/s1. The van der Waals surface area contributed by atoms with E-state index in [4.69, 9.17) is 4.74 Å². The average Bonchev–Trinajstić information content (AvgIpc) is 2.46. The number of nitrogens with one attached hydrogen (secondary N) is 1. The number of nitrogens with zero attached hydrogens (tertiary/aromatic N) is 2. The van der Waals surface area contributed by atoms with Crippen molar-refractivity contribution in [3.63, 3.8) is 0 Å². The van der Waals surface area contributed by atoms with Gasteiger partial charge in [-0.1, -0.05) is 0 Å². The van der Waals surface area contributed by atoms with Crippen molar-refractivity contribution < 1.29 is 9.53 Å². The van der Waals surface area contributed by atoms with Gasteiger partial charge in [-0.05, 0) is 24.3 Å². The second kappa shape index (κ2) is 5.93. The van der Waals surface area contributed by atoms with Crippen LogP contribution in [0.15, 0.2) is 24.3 Å². The lowest BCUT2D eigenvalue weighted by Crippen LogP contribution is -2.57. The fourth-order valence-electron chi connectivity index (χ4n) is 2.25. The van der Waals surface area contributed by atoms with E-state index in [1.807, 2.05) is 24.3 Å². The van der Waals surface area contributed by atoms with E-state index >= 15 is 0 Å². The highest BCUT2D eigenvalue weighted by Crippen LogP contribution is 2.20. The topological polar surface area (TPSA) is 44.8 Å². The van der Waals surface area contributed by atoms with Crippen LogP contribution in [-0.2, 0) is 4.79 Å². The predicted octanol–water partition coefficient (Wildman–Crippen LogP) is 0.562. The molecule has 1 aromatic rings. The second-order valence-electron chi connectivity index (χ2n) is 4.88. The van der Waals surface area contributed by atoms with E-state index in [0.717, 1.165) is 24.5 Å². The lowest BCUT2D eigenvalue weighted by atomic mass is 10.1. The summed E-state index contributed by atoms with van der Waals surface area (Å²) in [4.78, 5) is 15.9. The minimum atomic E-state index is -0.133. The predicted molar refractivity (Wildman–Crippen MR) is 75.7 cm³/mol. The summed E-state index contributed by atoms with van der Waals surface area (Å²) in [7, 11) is 5.23. The van der Waals surface area contributed by atoms with Crippen LogP contribution in [0.5, 0.6) is 5.75 Å². The number of rotatable bonds is 3. The summed E-state index contributed by atoms with van der Waals surface area (Å²) < 4.78 is 5.16. The van der Waals surface area contributed by atoms with Crippen LogP contribution < -0.4 is 15.0 Å². The maximum Gasteiger partial charge on any atom is 0.241 e. The number of carbonyl (C=O) groups excluding carboxylic acids is 1. The number of ether oxygens (including phenoxy) is 1. The van der Waals surface area contributed by atoms with Gasteiger partial charge in [0.05, 0.1) is 7.11 Å². The third-order valence-electron chi connectivity index (χ3n) is 3.35. The fourth-order valence-corrected chi connectivity index (χ4v) is 2.25. The molecule has 1 aromatic carbocycles. The van der Waals surface area contributed by atoms with E-state index < -0.39 is 0 Å². The minimum Gasteiger partial charge on any atom is -0.497 e. The van der Waals surface area contributed by atoms with E-state index in [0.29, 0.717) is 6.54 Å². The largest absolute Gasteiger partial charge is 0.497 e. The third kappa shape index (κ3) is 3.17. The monoisotopic (exact) mass is 263 g/mol. The van der Waals surface area contributed by atoms with Gasteiger partial charge in [-0.3, -0.25) is 4.79 Å². The Hall–Kier alpha value is -1.75. The zero-order valence-corrected chi connectivity index (χ0v) is 11.7. The van der Waals surface area contributed by atoms with Crippen LogP contribution in [0.4, 0.5) is 5.69 Å². The summed E-state index contributed by atoms with van der Waals surface area (Å²) in [5, 5.41) is 3.26. The van der Waals surface area contributed by atoms with Crippen molar-refractivity contribution in [3.05, 3.63) is 24.3 Å². The van der Waals surface area contributed by atoms with Crippen molar-refractivity contribution in [2.45, 2.75) is 6.04 Å². The van der Waals surface area contributed by atoms with Gasteiger partial charge in [0.15, 0.2) is 0 Å². The van der Waals surface area contributed by atoms with Crippen molar-refractivity contribution in [2.24, 2.45) is 0 Å². The Bertz CT molecular complexity index is 431. The number of likely N-dealkylation sites (N-methyl/N-ethyl adjacent to an activating group) is 1. The quantitative estimate of drug-likeness (QED) is 0.865. The van der Waals surface area contributed by atoms with Gasteiger partial charge < -0.3 is 19.9 Å². The van der Waals surface area contributed by atoms with Gasteiger partial charge >= 0.3 is 0 Å². The Morgan fingerprint density at radius 2 is 2.05 bits per heavy atom. The molecule has 5 nitrogen and oxygen atoms in total. The van der Waals surface area contributed by atoms with E-state index in [1.165, 1.54) is 0 Å². The number of carbonyl (C=O) groups is 1. The van der Waals surface area contributed by atoms with Crippen LogP contribution in [0.1, 0.15) is 0 Å². The van der Waals surface area contributed by atoms with E-state index in [2.05, 4.69) is 10.2 Å². The molecule has 0 unspecified atom stereocenters. The molecule has 1 saturated heterocycles. The first-order valence-corrected chi connectivity index (χ1v) is 6.45. The first kappa shape index (κ1) is 13.7. The van der Waals surface area contributed by atoms with Crippen molar-refractivity contribution in [1.82, 2.24) is 10.2 Å². The number of amides is 1. The van der Waals surface area contributed by atoms with Crippen LogP contribution in [0.2, 0.25) is 0 Å². The van der Waals surface area contributed by atoms with Gasteiger partial charge in [-0.25, -0.2) is 0 Å². The highest BCUT2D eigenvalue weighted by Gasteiger charge is 2.26. The molecule has 0 aromatic heterocycles. The number of benzene rings is 1. The summed E-state index contributed by atoms with van der Waals surface area (Å²) in [6, 6.07) is 7.81. The Morgan fingerprint density at radius 1 is 1.37 bits per heavy atom. The molecule has 1 aliphatic heterocycles. The molecule has 2 rings (SSSR count). The molecule has 0 aliphatic carbocycles. The Balaban J connectivity index is 2.05. The molecule has 5 heteroatoms. The van der Waals surface area contributed by atoms with Crippen molar-refractivity contribution in [3.8, 4) is 5.75 Å². The highest BCUT2D eigenvalue weighted by molar-refractivity contribution is 5.82. The second-order valence-corrected chi connectivity index (χ2v) is 4.88. The van der Waals surface area contributed by atoms with Crippen LogP contribution in [0, 0.1) is 0 Å². The Labute approximate surface area is 114 Å². The molecule has 1 N–H and O–H groups in total. The molecule has 1 amide bonds. The van der Waals surface area contributed by atoms with E-state index in [9.17, 15) is 4.79 Å². The Kier molecular flexibility index (Phi) is 4.27. The molecule has 0 spiro atoms.